The van der Waals surface area contributed by atoms with Gasteiger partial charge in [-0.05, 0) is 70.1 Å². The first-order valence-electron chi connectivity index (χ1n) is 10.8. The van der Waals surface area contributed by atoms with Gasteiger partial charge in [0.25, 0.3) is 11.1 Å². The minimum absolute atomic E-state index is 0.0593. The van der Waals surface area contributed by atoms with E-state index in [1.807, 2.05) is 48.5 Å². The summed E-state index contributed by atoms with van der Waals surface area (Å²) in [7, 11) is -4.03. The molecule has 36 heavy (non-hydrogen) atoms. The molecule has 6 nitrogen and oxygen atoms in total. The summed E-state index contributed by atoms with van der Waals surface area (Å²) in [5.41, 5.74) is 1.46. The maximum atomic E-state index is 12.8. The summed E-state index contributed by atoms with van der Waals surface area (Å²) in [5, 5.41) is 1.39. The molecule has 4 aromatic carbocycles. The number of carbonyl (C=O) groups excluding carboxylic acids is 2. The Bertz CT molecular complexity index is 1630. The Kier molecular flexibility index (Phi) is 6.70. The number of carbonyl (C=O) groups is 2. The summed E-state index contributed by atoms with van der Waals surface area (Å²) < 4.78 is 31.7. The van der Waals surface area contributed by atoms with Crippen molar-refractivity contribution in [3.8, 4) is 5.75 Å². The highest BCUT2D eigenvalue weighted by molar-refractivity contribution is 9.10. The van der Waals surface area contributed by atoms with Gasteiger partial charge in [0.15, 0.2) is 0 Å². The van der Waals surface area contributed by atoms with E-state index in [0.29, 0.717) is 10.5 Å². The summed E-state index contributed by atoms with van der Waals surface area (Å²) in [6.45, 7) is 0.169. The van der Waals surface area contributed by atoms with Crippen molar-refractivity contribution in [3.63, 3.8) is 0 Å². The lowest BCUT2D eigenvalue weighted by molar-refractivity contribution is -0.123. The van der Waals surface area contributed by atoms with Crippen LogP contribution in [0.2, 0.25) is 0 Å². The van der Waals surface area contributed by atoms with E-state index in [4.69, 9.17) is 4.18 Å². The number of fused-ring (bicyclic) bond motifs is 1. The molecule has 180 valence electrons. The number of thioether (sulfide) groups is 1. The third-order valence-electron chi connectivity index (χ3n) is 5.55. The summed E-state index contributed by atoms with van der Waals surface area (Å²) in [5.74, 6) is -0.234. The summed E-state index contributed by atoms with van der Waals surface area (Å²) in [6, 6.07) is 26.0. The molecular weight excluding hydrogens is 562 g/mol. The molecule has 0 bridgehead atoms. The SMILES string of the molecule is O=C1S/C(=C\c2ccc(OS(=O)(=O)c3ccc4ccccc4c3)cc2)C(=O)N1Cc1ccccc1Br. The molecule has 0 atom stereocenters. The zero-order valence-electron chi connectivity index (χ0n) is 18.6. The molecule has 0 radical (unpaired) electrons. The number of hydrogen-bond acceptors (Lipinski definition) is 6. The van der Waals surface area contributed by atoms with Gasteiger partial charge in [0, 0.05) is 4.47 Å². The van der Waals surface area contributed by atoms with Crippen molar-refractivity contribution in [2.24, 2.45) is 0 Å². The van der Waals surface area contributed by atoms with Gasteiger partial charge in [-0.3, -0.25) is 14.5 Å². The van der Waals surface area contributed by atoms with E-state index in [1.54, 1.807) is 30.3 Å². The average Bonchev–Trinajstić information content (AvgIpc) is 3.13. The number of amides is 2. The van der Waals surface area contributed by atoms with Crippen molar-refractivity contribution in [2.45, 2.75) is 11.4 Å². The van der Waals surface area contributed by atoms with E-state index in [9.17, 15) is 18.0 Å². The lowest BCUT2D eigenvalue weighted by Gasteiger charge is -2.13. The van der Waals surface area contributed by atoms with Gasteiger partial charge in [-0.1, -0.05) is 76.6 Å². The maximum Gasteiger partial charge on any atom is 0.339 e. The van der Waals surface area contributed by atoms with Crippen LogP contribution in [0.3, 0.4) is 0 Å². The minimum Gasteiger partial charge on any atom is -0.379 e. The van der Waals surface area contributed by atoms with Crippen LogP contribution in [0.25, 0.3) is 16.8 Å². The van der Waals surface area contributed by atoms with Gasteiger partial charge < -0.3 is 4.18 Å². The highest BCUT2D eigenvalue weighted by Gasteiger charge is 2.35. The van der Waals surface area contributed by atoms with Crippen molar-refractivity contribution >= 4 is 65.8 Å². The van der Waals surface area contributed by atoms with E-state index >= 15 is 0 Å². The van der Waals surface area contributed by atoms with Crippen LogP contribution in [0.15, 0.2) is 105 Å². The van der Waals surface area contributed by atoms with Gasteiger partial charge >= 0.3 is 10.1 Å². The molecule has 0 unspecified atom stereocenters. The Morgan fingerprint density at radius 2 is 1.56 bits per heavy atom. The summed E-state index contributed by atoms with van der Waals surface area (Å²) in [4.78, 5) is 26.8. The topological polar surface area (TPSA) is 80.8 Å². The zero-order chi connectivity index (χ0) is 25.3. The Balaban J connectivity index is 1.30. The van der Waals surface area contributed by atoms with E-state index in [0.717, 1.165) is 32.6 Å². The Morgan fingerprint density at radius 3 is 2.31 bits per heavy atom. The van der Waals surface area contributed by atoms with Gasteiger partial charge in [-0.15, -0.1) is 0 Å². The van der Waals surface area contributed by atoms with E-state index < -0.39 is 10.1 Å². The quantitative estimate of drug-likeness (QED) is 0.189. The number of rotatable bonds is 6. The Labute approximate surface area is 220 Å². The second-order valence-corrected chi connectivity index (χ2v) is 11.4. The molecule has 0 saturated carbocycles. The molecule has 0 spiro atoms. The fourth-order valence-electron chi connectivity index (χ4n) is 3.70. The summed E-state index contributed by atoms with van der Waals surface area (Å²) in [6.07, 6.45) is 1.60. The van der Waals surface area contributed by atoms with Crippen LogP contribution < -0.4 is 4.18 Å². The monoisotopic (exact) mass is 579 g/mol. The number of imide groups is 1. The number of hydrogen-bond donors (Lipinski definition) is 0. The first-order valence-corrected chi connectivity index (χ1v) is 13.8. The fraction of sp³-hybridized carbons (Fsp3) is 0.0370. The second-order valence-electron chi connectivity index (χ2n) is 7.97. The molecule has 0 N–H and O–H groups in total. The van der Waals surface area contributed by atoms with Crippen molar-refractivity contribution in [3.05, 3.63) is 112 Å². The van der Waals surface area contributed by atoms with Crippen LogP contribution in [0.4, 0.5) is 4.79 Å². The van der Waals surface area contributed by atoms with Crippen molar-refractivity contribution in [1.82, 2.24) is 4.90 Å². The zero-order valence-corrected chi connectivity index (χ0v) is 21.8. The van der Waals surface area contributed by atoms with Gasteiger partial charge in [-0.25, -0.2) is 0 Å². The van der Waals surface area contributed by atoms with Crippen molar-refractivity contribution < 1.29 is 22.2 Å². The van der Waals surface area contributed by atoms with Crippen LogP contribution in [0.5, 0.6) is 5.75 Å². The highest BCUT2D eigenvalue weighted by atomic mass is 79.9. The highest BCUT2D eigenvalue weighted by Crippen LogP contribution is 2.34. The minimum atomic E-state index is -4.03. The number of nitrogens with zero attached hydrogens (tertiary/aromatic N) is 1. The predicted molar refractivity (Wildman–Crippen MR) is 144 cm³/mol. The average molecular weight is 580 g/mol. The predicted octanol–water partition coefficient (Wildman–Crippen LogP) is 6.61. The van der Waals surface area contributed by atoms with Gasteiger partial charge in [0.05, 0.1) is 11.4 Å². The third kappa shape index (κ3) is 5.09. The maximum absolute atomic E-state index is 12.8. The second kappa shape index (κ2) is 9.93. The smallest absolute Gasteiger partial charge is 0.339 e. The molecule has 1 saturated heterocycles. The molecule has 0 aromatic heterocycles. The van der Waals surface area contributed by atoms with Crippen LogP contribution in [0, 0.1) is 0 Å². The molecule has 9 heteroatoms. The van der Waals surface area contributed by atoms with Crippen LogP contribution in [-0.2, 0) is 21.5 Å². The molecule has 1 heterocycles. The molecule has 1 fully saturated rings. The lowest BCUT2D eigenvalue weighted by Crippen LogP contribution is -2.27. The summed E-state index contributed by atoms with van der Waals surface area (Å²) >= 11 is 4.31. The molecule has 5 rings (SSSR count). The van der Waals surface area contributed by atoms with Crippen LogP contribution >= 0.6 is 27.7 Å². The number of benzene rings is 4. The van der Waals surface area contributed by atoms with Crippen molar-refractivity contribution in [1.29, 1.82) is 0 Å². The molecular formula is C27H18BrNO5S2. The Morgan fingerprint density at radius 1 is 0.861 bits per heavy atom. The normalized spacial score (nSPS) is 15.1. The van der Waals surface area contributed by atoms with E-state index in [-0.39, 0.29) is 28.3 Å². The largest absolute Gasteiger partial charge is 0.379 e. The molecule has 2 amide bonds. The molecule has 0 aliphatic carbocycles. The van der Waals surface area contributed by atoms with E-state index in [1.165, 1.54) is 23.1 Å². The number of halogens is 1. The molecule has 1 aliphatic rings. The molecule has 4 aromatic rings. The van der Waals surface area contributed by atoms with Gasteiger partial charge in [-0.2, -0.15) is 8.42 Å². The standard InChI is InChI=1S/C27H18BrNO5S2/c28-24-8-4-3-7-21(24)17-29-26(30)25(35-27(29)31)15-18-9-12-22(13-10-18)34-36(32,33)23-14-11-19-5-1-2-6-20(19)16-23/h1-16H,17H2/b25-15-. The van der Waals surface area contributed by atoms with Crippen LogP contribution in [0.1, 0.15) is 11.1 Å². The fourth-order valence-corrected chi connectivity index (χ4v) is 5.92. The lowest BCUT2D eigenvalue weighted by atomic mass is 10.1. The first-order chi connectivity index (χ1) is 17.3. The van der Waals surface area contributed by atoms with E-state index in [2.05, 4.69) is 15.9 Å². The first kappa shape index (κ1) is 24.3. The van der Waals surface area contributed by atoms with Gasteiger partial charge in [0.2, 0.25) is 0 Å². The Hall–Kier alpha value is -3.40. The molecule has 1 aliphatic heterocycles. The van der Waals surface area contributed by atoms with Crippen LogP contribution in [-0.4, -0.2) is 24.5 Å². The van der Waals surface area contributed by atoms with Gasteiger partial charge in [0.1, 0.15) is 10.6 Å². The third-order valence-corrected chi connectivity index (χ3v) is 8.48. The van der Waals surface area contributed by atoms with Crippen molar-refractivity contribution in [2.75, 3.05) is 0 Å².